The fraction of sp³-hybridized carbons (Fsp3) is 0.500. The molecule has 0 radical (unpaired) electrons. The lowest BCUT2D eigenvalue weighted by molar-refractivity contribution is 0.322. The molecule has 0 aliphatic carbocycles. The van der Waals surface area contributed by atoms with Crippen LogP contribution in [0.1, 0.15) is 18.9 Å². The highest BCUT2D eigenvalue weighted by Crippen LogP contribution is 2.39. The van der Waals surface area contributed by atoms with E-state index in [2.05, 4.69) is 27.6 Å². The molecule has 0 saturated carbocycles. The lowest BCUT2D eigenvalue weighted by atomic mass is 10.1. The number of aliphatic imine (C=N–C) groups is 1. The Hall–Kier alpha value is -2.17. The summed E-state index contributed by atoms with van der Waals surface area (Å²) < 4.78 is 18.2. The Morgan fingerprint density at radius 3 is 2.52 bits per heavy atom. The molecule has 0 saturated heterocycles. The zero-order valence-electron chi connectivity index (χ0n) is 17.6. The first-order valence-corrected chi connectivity index (χ1v) is 9.50. The molecule has 0 atom stereocenters. The van der Waals surface area contributed by atoms with Gasteiger partial charge in [-0.3, -0.25) is 9.67 Å². The number of hydrogen-bond donors (Lipinski definition) is 2. The van der Waals surface area contributed by atoms with Gasteiger partial charge in [0.15, 0.2) is 17.5 Å². The third-order valence-corrected chi connectivity index (χ3v) is 4.19. The molecule has 0 amide bonds. The fourth-order valence-corrected chi connectivity index (χ4v) is 2.87. The van der Waals surface area contributed by atoms with Crippen LogP contribution in [-0.2, 0) is 13.0 Å². The van der Waals surface area contributed by atoms with Gasteiger partial charge in [-0.25, -0.2) is 0 Å². The molecule has 2 rings (SSSR count). The van der Waals surface area contributed by atoms with E-state index in [0.717, 1.165) is 50.5 Å². The minimum Gasteiger partial charge on any atom is -0.493 e. The summed E-state index contributed by atoms with van der Waals surface area (Å²) in [6.45, 7) is 5.17. The predicted molar refractivity (Wildman–Crippen MR) is 126 cm³/mol. The van der Waals surface area contributed by atoms with Crippen LogP contribution in [0.4, 0.5) is 0 Å². The van der Waals surface area contributed by atoms with Gasteiger partial charge in [-0.05, 0) is 31.9 Å². The van der Waals surface area contributed by atoms with E-state index in [1.165, 1.54) is 0 Å². The van der Waals surface area contributed by atoms with Crippen molar-refractivity contribution in [2.45, 2.75) is 26.3 Å². The van der Waals surface area contributed by atoms with Gasteiger partial charge >= 0.3 is 0 Å². The molecule has 0 fully saturated rings. The standard InChI is InChI=1S/C20H31N5O3.HI/c1-5-21-20(22-11-6-14-25-15-7-12-24-25)23-13-10-16-8-9-17(26-2)19(28-4)18(16)27-3;/h7-9,12,15H,5-6,10-11,13-14H2,1-4H3,(H2,21,22,23);1H. The zero-order chi connectivity index (χ0) is 20.2. The lowest BCUT2D eigenvalue weighted by Crippen LogP contribution is -2.38. The fourth-order valence-electron chi connectivity index (χ4n) is 2.87. The van der Waals surface area contributed by atoms with Crippen molar-refractivity contribution < 1.29 is 14.2 Å². The van der Waals surface area contributed by atoms with Gasteiger partial charge in [-0.15, -0.1) is 24.0 Å². The summed E-state index contributed by atoms with van der Waals surface area (Å²) in [5.74, 6) is 2.78. The first kappa shape index (κ1) is 24.9. The minimum atomic E-state index is 0. The molecular formula is C20H32IN5O3. The van der Waals surface area contributed by atoms with Crippen LogP contribution < -0.4 is 24.8 Å². The number of aromatic nitrogens is 2. The molecule has 29 heavy (non-hydrogen) atoms. The first-order valence-electron chi connectivity index (χ1n) is 9.50. The Kier molecular flexibility index (Phi) is 11.9. The number of hydrogen-bond acceptors (Lipinski definition) is 5. The number of guanidine groups is 1. The molecule has 1 aromatic heterocycles. The molecule has 0 unspecified atom stereocenters. The molecule has 1 heterocycles. The zero-order valence-corrected chi connectivity index (χ0v) is 19.9. The third kappa shape index (κ3) is 7.64. The van der Waals surface area contributed by atoms with Crippen molar-refractivity contribution in [1.29, 1.82) is 0 Å². The van der Waals surface area contributed by atoms with Crippen molar-refractivity contribution in [2.75, 3.05) is 41.0 Å². The first-order chi connectivity index (χ1) is 13.7. The molecule has 0 aliphatic heterocycles. The summed E-state index contributed by atoms with van der Waals surface area (Å²) in [4.78, 5) is 4.63. The Labute approximate surface area is 190 Å². The van der Waals surface area contributed by atoms with Gasteiger partial charge in [0.2, 0.25) is 5.75 Å². The molecule has 2 aromatic rings. The number of ether oxygens (including phenoxy) is 3. The lowest BCUT2D eigenvalue weighted by Gasteiger charge is -2.16. The van der Waals surface area contributed by atoms with Crippen LogP contribution in [-0.4, -0.2) is 56.7 Å². The maximum atomic E-state index is 5.54. The molecule has 9 heteroatoms. The quantitative estimate of drug-likeness (QED) is 0.207. The van der Waals surface area contributed by atoms with Crippen LogP contribution >= 0.6 is 24.0 Å². The topological polar surface area (TPSA) is 81.9 Å². The van der Waals surface area contributed by atoms with Crippen molar-refractivity contribution in [3.63, 3.8) is 0 Å². The third-order valence-electron chi connectivity index (χ3n) is 4.19. The smallest absolute Gasteiger partial charge is 0.203 e. The van der Waals surface area contributed by atoms with Crippen molar-refractivity contribution in [1.82, 2.24) is 20.4 Å². The number of benzene rings is 1. The maximum Gasteiger partial charge on any atom is 0.203 e. The largest absolute Gasteiger partial charge is 0.493 e. The number of aryl methyl sites for hydroxylation is 1. The SMILES string of the molecule is CCNC(=NCCCn1cccn1)NCCc1ccc(OC)c(OC)c1OC.I. The minimum absolute atomic E-state index is 0. The molecule has 1 aromatic carbocycles. The Balaban J connectivity index is 0.00000420. The van der Waals surface area contributed by atoms with E-state index in [4.69, 9.17) is 14.2 Å². The van der Waals surface area contributed by atoms with Crippen LogP contribution in [0, 0.1) is 0 Å². The molecule has 162 valence electrons. The highest BCUT2D eigenvalue weighted by Gasteiger charge is 2.15. The van der Waals surface area contributed by atoms with E-state index in [9.17, 15) is 0 Å². The Morgan fingerprint density at radius 1 is 1.10 bits per heavy atom. The second-order valence-corrected chi connectivity index (χ2v) is 6.05. The summed E-state index contributed by atoms with van der Waals surface area (Å²) in [6, 6.07) is 5.82. The number of rotatable bonds is 11. The summed E-state index contributed by atoms with van der Waals surface area (Å²) in [7, 11) is 4.87. The van der Waals surface area contributed by atoms with Crippen LogP contribution in [0.15, 0.2) is 35.6 Å². The second-order valence-electron chi connectivity index (χ2n) is 6.05. The van der Waals surface area contributed by atoms with Crippen molar-refractivity contribution in [3.8, 4) is 17.2 Å². The Bertz CT molecular complexity index is 738. The highest BCUT2D eigenvalue weighted by atomic mass is 127. The predicted octanol–water partition coefficient (Wildman–Crippen LogP) is 2.71. The average Bonchev–Trinajstić information content (AvgIpc) is 3.23. The van der Waals surface area contributed by atoms with Gasteiger partial charge in [0.25, 0.3) is 0 Å². The highest BCUT2D eigenvalue weighted by molar-refractivity contribution is 14.0. The van der Waals surface area contributed by atoms with Crippen molar-refractivity contribution in [2.24, 2.45) is 4.99 Å². The van der Waals surface area contributed by atoms with Gasteiger partial charge < -0.3 is 24.8 Å². The van der Waals surface area contributed by atoms with Crippen LogP contribution in [0.5, 0.6) is 17.2 Å². The summed E-state index contributed by atoms with van der Waals surface area (Å²) >= 11 is 0. The maximum absolute atomic E-state index is 5.54. The van der Waals surface area contributed by atoms with Crippen LogP contribution in [0.25, 0.3) is 0 Å². The van der Waals surface area contributed by atoms with Crippen LogP contribution in [0.3, 0.4) is 0 Å². The monoisotopic (exact) mass is 517 g/mol. The Morgan fingerprint density at radius 2 is 1.90 bits per heavy atom. The molecular weight excluding hydrogens is 485 g/mol. The van der Waals surface area contributed by atoms with E-state index >= 15 is 0 Å². The van der Waals surface area contributed by atoms with E-state index in [-0.39, 0.29) is 24.0 Å². The van der Waals surface area contributed by atoms with Gasteiger partial charge in [-0.1, -0.05) is 6.07 Å². The van der Waals surface area contributed by atoms with Gasteiger partial charge in [0, 0.05) is 44.1 Å². The molecule has 2 N–H and O–H groups in total. The van der Waals surface area contributed by atoms with Gasteiger partial charge in [-0.2, -0.15) is 5.10 Å². The number of methoxy groups -OCH3 is 3. The normalized spacial score (nSPS) is 10.8. The van der Waals surface area contributed by atoms with Gasteiger partial charge in [0.1, 0.15) is 0 Å². The molecule has 0 aliphatic rings. The summed E-state index contributed by atoms with van der Waals surface area (Å²) in [6.07, 6.45) is 5.45. The van der Waals surface area contributed by atoms with E-state index < -0.39 is 0 Å². The molecule has 0 spiro atoms. The van der Waals surface area contributed by atoms with E-state index in [1.54, 1.807) is 27.5 Å². The molecule has 0 bridgehead atoms. The van der Waals surface area contributed by atoms with Crippen LogP contribution in [0.2, 0.25) is 0 Å². The van der Waals surface area contributed by atoms with Gasteiger partial charge in [0.05, 0.1) is 21.3 Å². The second kappa shape index (κ2) is 13.9. The van der Waals surface area contributed by atoms with E-state index in [1.807, 2.05) is 29.1 Å². The summed E-state index contributed by atoms with van der Waals surface area (Å²) in [5, 5.41) is 10.8. The average molecular weight is 517 g/mol. The number of nitrogens with one attached hydrogen (secondary N) is 2. The van der Waals surface area contributed by atoms with E-state index in [0.29, 0.717) is 17.2 Å². The number of nitrogens with zero attached hydrogens (tertiary/aromatic N) is 3. The number of halogens is 1. The molecule has 8 nitrogen and oxygen atoms in total. The van der Waals surface area contributed by atoms with Crippen molar-refractivity contribution in [3.05, 3.63) is 36.2 Å². The summed E-state index contributed by atoms with van der Waals surface area (Å²) in [5.41, 5.74) is 1.04. The van der Waals surface area contributed by atoms with Crippen molar-refractivity contribution >= 4 is 29.9 Å².